The fraction of sp³-hybridized carbons (Fsp3) is 0.650. The summed E-state index contributed by atoms with van der Waals surface area (Å²) in [5, 5.41) is 8.92. The molecule has 0 saturated carbocycles. The Bertz CT molecular complexity index is 386. The van der Waals surface area contributed by atoms with Crippen LogP contribution in [0.15, 0.2) is 30.3 Å². The molecule has 2 heteroatoms. The minimum absolute atomic E-state index is 0.274. The van der Waals surface area contributed by atoms with Gasteiger partial charge in [-0.2, -0.15) is 0 Å². The maximum Gasteiger partial charge on any atom is 0.303 e. The van der Waals surface area contributed by atoms with Crippen LogP contribution in [0.1, 0.15) is 89.0 Å². The predicted octanol–water partition coefficient (Wildman–Crippen LogP) is 6.17. The number of carboxylic acid groups (broad SMARTS) is 1. The van der Waals surface area contributed by atoms with E-state index < -0.39 is 5.97 Å². The van der Waals surface area contributed by atoms with Gasteiger partial charge in [0.25, 0.3) is 0 Å². The van der Waals surface area contributed by atoms with Gasteiger partial charge < -0.3 is 5.11 Å². The number of rotatable bonds is 13. The molecule has 0 aliphatic rings. The Morgan fingerprint density at radius 3 is 2.09 bits per heavy atom. The Morgan fingerprint density at radius 2 is 1.50 bits per heavy atom. The summed E-state index contributed by atoms with van der Waals surface area (Å²) in [5.41, 5.74) is 1.30. The van der Waals surface area contributed by atoms with E-state index in [-0.39, 0.29) is 6.42 Å². The van der Waals surface area contributed by atoms with Gasteiger partial charge in [0.05, 0.1) is 0 Å². The van der Waals surface area contributed by atoms with Crippen molar-refractivity contribution >= 4 is 5.97 Å². The predicted molar refractivity (Wildman–Crippen MR) is 93.3 cm³/mol. The van der Waals surface area contributed by atoms with E-state index >= 15 is 0 Å². The molecule has 1 atom stereocenters. The molecule has 0 radical (unpaired) electrons. The van der Waals surface area contributed by atoms with Crippen LogP contribution in [0.4, 0.5) is 0 Å². The van der Waals surface area contributed by atoms with Crippen LogP contribution in [0, 0.1) is 0 Å². The van der Waals surface area contributed by atoms with Crippen molar-refractivity contribution in [3.63, 3.8) is 0 Å². The van der Waals surface area contributed by atoms with Gasteiger partial charge in [0.2, 0.25) is 0 Å². The van der Waals surface area contributed by atoms with Gasteiger partial charge in [-0.3, -0.25) is 4.79 Å². The number of hydrogen-bond acceptors (Lipinski definition) is 1. The van der Waals surface area contributed by atoms with Gasteiger partial charge in [-0.05, 0) is 24.3 Å². The molecule has 124 valence electrons. The SMILES string of the molecule is CCCCCCCCCCC(CCC(=O)O)c1ccccc1. The molecule has 0 aliphatic carbocycles. The minimum Gasteiger partial charge on any atom is -0.481 e. The van der Waals surface area contributed by atoms with Crippen molar-refractivity contribution in [2.24, 2.45) is 0 Å². The first-order chi connectivity index (χ1) is 10.7. The van der Waals surface area contributed by atoms with E-state index in [1.54, 1.807) is 0 Å². The van der Waals surface area contributed by atoms with Gasteiger partial charge in [-0.1, -0.05) is 88.6 Å². The van der Waals surface area contributed by atoms with Gasteiger partial charge in [0.1, 0.15) is 0 Å². The highest BCUT2D eigenvalue weighted by molar-refractivity contribution is 5.66. The first-order valence-electron chi connectivity index (χ1n) is 9.00. The zero-order valence-corrected chi connectivity index (χ0v) is 14.1. The number of carbonyl (C=O) groups is 1. The second-order valence-electron chi connectivity index (χ2n) is 6.30. The molecule has 0 bridgehead atoms. The molecule has 1 aromatic carbocycles. The van der Waals surface area contributed by atoms with Crippen molar-refractivity contribution < 1.29 is 9.90 Å². The lowest BCUT2D eigenvalue weighted by molar-refractivity contribution is -0.137. The molecule has 22 heavy (non-hydrogen) atoms. The van der Waals surface area contributed by atoms with Crippen LogP contribution in [0.25, 0.3) is 0 Å². The lowest BCUT2D eigenvalue weighted by Crippen LogP contribution is -2.03. The average molecular weight is 304 g/mol. The summed E-state index contributed by atoms with van der Waals surface area (Å²) in [5.74, 6) is -0.283. The zero-order chi connectivity index (χ0) is 16.0. The standard InChI is InChI=1S/C20H32O2/c1-2-3-4-5-6-7-8-10-15-19(16-17-20(21)22)18-13-11-9-12-14-18/h9,11-14,19H,2-8,10,15-17H2,1H3,(H,21,22). The molecule has 0 saturated heterocycles. The molecule has 1 aromatic rings. The Morgan fingerprint density at radius 1 is 0.909 bits per heavy atom. The van der Waals surface area contributed by atoms with Crippen LogP contribution < -0.4 is 0 Å². The van der Waals surface area contributed by atoms with Crippen molar-refractivity contribution in [3.05, 3.63) is 35.9 Å². The highest BCUT2D eigenvalue weighted by Gasteiger charge is 2.12. The van der Waals surface area contributed by atoms with Crippen molar-refractivity contribution in [1.82, 2.24) is 0 Å². The number of unbranched alkanes of at least 4 members (excludes halogenated alkanes) is 7. The molecule has 0 fully saturated rings. The van der Waals surface area contributed by atoms with E-state index in [1.165, 1.54) is 56.9 Å². The Balaban J connectivity index is 2.25. The Kier molecular flexibility index (Phi) is 10.4. The first kappa shape index (κ1) is 18.7. The zero-order valence-electron chi connectivity index (χ0n) is 14.1. The third-order valence-electron chi connectivity index (χ3n) is 4.38. The summed E-state index contributed by atoms with van der Waals surface area (Å²) < 4.78 is 0. The summed E-state index contributed by atoms with van der Waals surface area (Å²) in [6.07, 6.45) is 12.7. The molecule has 0 aliphatic heterocycles. The molecule has 0 heterocycles. The molecule has 1 rings (SSSR count). The molecular formula is C20H32O2. The van der Waals surface area contributed by atoms with Gasteiger partial charge in [0.15, 0.2) is 0 Å². The minimum atomic E-state index is -0.683. The van der Waals surface area contributed by atoms with Crippen molar-refractivity contribution in [2.45, 2.75) is 83.5 Å². The second-order valence-corrected chi connectivity index (χ2v) is 6.30. The lowest BCUT2D eigenvalue weighted by Gasteiger charge is -2.16. The largest absolute Gasteiger partial charge is 0.481 e. The van der Waals surface area contributed by atoms with Crippen LogP contribution in [-0.4, -0.2) is 11.1 Å². The van der Waals surface area contributed by atoms with E-state index in [0.29, 0.717) is 5.92 Å². The first-order valence-corrected chi connectivity index (χ1v) is 9.00. The smallest absolute Gasteiger partial charge is 0.303 e. The highest BCUT2D eigenvalue weighted by atomic mass is 16.4. The summed E-state index contributed by atoms with van der Waals surface area (Å²) in [7, 11) is 0. The number of benzene rings is 1. The summed E-state index contributed by atoms with van der Waals surface area (Å²) in [6.45, 7) is 2.25. The van der Waals surface area contributed by atoms with Crippen molar-refractivity contribution in [1.29, 1.82) is 0 Å². The molecular weight excluding hydrogens is 272 g/mol. The van der Waals surface area contributed by atoms with Crippen molar-refractivity contribution in [3.8, 4) is 0 Å². The fourth-order valence-corrected chi connectivity index (χ4v) is 3.03. The van der Waals surface area contributed by atoms with Crippen LogP contribution in [-0.2, 0) is 4.79 Å². The van der Waals surface area contributed by atoms with E-state index in [4.69, 9.17) is 5.11 Å². The second kappa shape index (κ2) is 12.3. The molecule has 1 unspecified atom stereocenters. The van der Waals surface area contributed by atoms with Gasteiger partial charge in [-0.15, -0.1) is 0 Å². The van der Waals surface area contributed by atoms with E-state index in [9.17, 15) is 4.79 Å². The van der Waals surface area contributed by atoms with Gasteiger partial charge in [0, 0.05) is 6.42 Å². The summed E-state index contributed by atoms with van der Waals surface area (Å²) >= 11 is 0. The average Bonchev–Trinajstić information content (AvgIpc) is 2.53. The van der Waals surface area contributed by atoms with Gasteiger partial charge >= 0.3 is 5.97 Å². The third kappa shape index (κ3) is 8.86. The van der Waals surface area contributed by atoms with E-state index in [1.807, 2.05) is 6.07 Å². The van der Waals surface area contributed by atoms with E-state index in [0.717, 1.165) is 12.8 Å². The molecule has 0 spiro atoms. The molecule has 1 N–H and O–H groups in total. The lowest BCUT2D eigenvalue weighted by atomic mass is 9.89. The Labute approximate surface area is 135 Å². The van der Waals surface area contributed by atoms with Crippen LogP contribution in [0.5, 0.6) is 0 Å². The van der Waals surface area contributed by atoms with Crippen LogP contribution in [0.3, 0.4) is 0 Å². The summed E-state index contributed by atoms with van der Waals surface area (Å²) in [6, 6.07) is 10.4. The highest BCUT2D eigenvalue weighted by Crippen LogP contribution is 2.27. The van der Waals surface area contributed by atoms with Gasteiger partial charge in [-0.25, -0.2) is 0 Å². The normalized spacial score (nSPS) is 12.2. The number of hydrogen-bond donors (Lipinski definition) is 1. The van der Waals surface area contributed by atoms with Crippen molar-refractivity contribution in [2.75, 3.05) is 0 Å². The van der Waals surface area contributed by atoms with E-state index in [2.05, 4.69) is 31.2 Å². The quantitative estimate of drug-likeness (QED) is 0.443. The topological polar surface area (TPSA) is 37.3 Å². The number of carboxylic acids is 1. The van der Waals surface area contributed by atoms with Crippen LogP contribution >= 0.6 is 0 Å². The fourth-order valence-electron chi connectivity index (χ4n) is 3.03. The Hall–Kier alpha value is -1.31. The number of aliphatic carboxylic acids is 1. The molecule has 0 amide bonds. The maximum atomic E-state index is 10.8. The molecule has 2 nitrogen and oxygen atoms in total. The third-order valence-corrected chi connectivity index (χ3v) is 4.38. The monoisotopic (exact) mass is 304 g/mol. The van der Waals surface area contributed by atoms with Crippen LogP contribution in [0.2, 0.25) is 0 Å². The molecule has 0 aromatic heterocycles. The summed E-state index contributed by atoms with van der Waals surface area (Å²) in [4.78, 5) is 10.8. The maximum absolute atomic E-state index is 10.8.